The molecule has 1 saturated carbocycles. The Morgan fingerprint density at radius 3 is 2.70 bits per heavy atom. The third kappa shape index (κ3) is 5.10. The molecule has 1 N–H and O–H groups in total. The van der Waals surface area contributed by atoms with Crippen LogP contribution in [0.1, 0.15) is 45.6 Å². The van der Waals surface area contributed by atoms with E-state index >= 15 is 0 Å². The smallest absolute Gasteiger partial charge is 0.133 e. The Morgan fingerprint density at radius 1 is 1.35 bits per heavy atom. The zero-order chi connectivity index (χ0) is 14.6. The van der Waals surface area contributed by atoms with E-state index in [4.69, 9.17) is 4.74 Å². The van der Waals surface area contributed by atoms with Crippen molar-refractivity contribution in [3.8, 4) is 5.75 Å². The second-order valence-corrected chi connectivity index (χ2v) is 7.37. The molecule has 0 aliphatic heterocycles. The van der Waals surface area contributed by atoms with Crippen molar-refractivity contribution in [3.63, 3.8) is 0 Å². The quantitative estimate of drug-likeness (QED) is 0.749. The summed E-state index contributed by atoms with van der Waals surface area (Å²) in [6.45, 7) is 8.54. The van der Waals surface area contributed by atoms with Gasteiger partial charge >= 0.3 is 0 Å². The minimum absolute atomic E-state index is 0.355. The van der Waals surface area contributed by atoms with E-state index in [1.807, 2.05) is 6.92 Å². The van der Waals surface area contributed by atoms with Crippen LogP contribution in [-0.4, -0.2) is 19.2 Å². The molecule has 2 rings (SSSR count). The molecule has 1 aliphatic carbocycles. The van der Waals surface area contributed by atoms with Gasteiger partial charge in [-0.3, -0.25) is 0 Å². The number of aryl methyl sites for hydroxylation is 1. The number of benzene rings is 1. The van der Waals surface area contributed by atoms with Crippen LogP contribution in [0.2, 0.25) is 0 Å². The lowest BCUT2D eigenvalue weighted by Crippen LogP contribution is -2.31. The molecule has 1 aliphatic rings. The number of hydrogen-bond donors (Lipinski definition) is 1. The van der Waals surface area contributed by atoms with Gasteiger partial charge in [0.05, 0.1) is 11.1 Å². The predicted octanol–water partition coefficient (Wildman–Crippen LogP) is 4.56. The molecule has 0 bridgehead atoms. The number of nitrogens with one attached hydrogen (secondary N) is 1. The summed E-state index contributed by atoms with van der Waals surface area (Å²) < 4.78 is 6.61. The van der Waals surface area contributed by atoms with E-state index in [1.54, 1.807) is 0 Å². The highest BCUT2D eigenvalue weighted by Crippen LogP contribution is 2.29. The highest BCUT2D eigenvalue weighted by molar-refractivity contribution is 9.10. The van der Waals surface area contributed by atoms with Gasteiger partial charge < -0.3 is 10.1 Å². The number of halogens is 1. The molecular formula is C17H26BrNO. The Bertz CT molecular complexity index is 441. The Hall–Kier alpha value is -0.540. The van der Waals surface area contributed by atoms with Crippen molar-refractivity contribution in [2.45, 2.75) is 52.5 Å². The van der Waals surface area contributed by atoms with E-state index in [0.29, 0.717) is 12.0 Å². The average Bonchev–Trinajstić information content (AvgIpc) is 3.22. The van der Waals surface area contributed by atoms with E-state index in [9.17, 15) is 0 Å². The van der Waals surface area contributed by atoms with Gasteiger partial charge in [0.25, 0.3) is 0 Å². The molecule has 1 aromatic rings. The van der Waals surface area contributed by atoms with E-state index in [1.165, 1.54) is 24.8 Å². The van der Waals surface area contributed by atoms with Crippen LogP contribution in [-0.2, 0) is 6.42 Å². The van der Waals surface area contributed by atoms with Gasteiger partial charge in [-0.15, -0.1) is 0 Å². The maximum Gasteiger partial charge on any atom is 0.133 e. The van der Waals surface area contributed by atoms with Gasteiger partial charge in [-0.2, -0.15) is 0 Å². The van der Waals surface area contributed by atoms with E-state index < -0.39 is 0 Å². The minimum atomic E-state index is 0.355. The van der Waals surface area contributed by atoms with Gasteiger partial charge in [0.15, 0.2) is 0 Å². The van der Waals surface area contributed by atoms with Crippen molar-refractivity contribution in [1.29, 1.82) is 0 Å². The minimum Gasteiger partial charge on any atom is -0.493 e. The molecule has 0 atom stereocenters. The van der Waals surface area contributed by atoms with Gasteiger partial charge in [-0.05, 0) is 71.6 Å². The molecule has 20 heavy (non-hydrogen) atoms. The molecule has 2 nitrogen and oxygen atoms in total. The molecule has 0 aromatic heterocycles. The summed E-state index contributed by atoms with van der Waals surface area (Å²) in [5.74, 6) is 0.936. The van der Waals surface area contributed by atoms with Gasteiger partial charge in [0, 0.05) is 12.6 Å². The molecule has 112 valence electrons. The lowest BCUT2D eigenvalue weighted by Gasteiger charge is -2.25. The van der Waals surface area contributed by atoms with Crippen molar-refractivity contribution in [2.75, 3.05) is 13.2 Å². The first-order valence-electron chi connectivity index (χ1n) is 7.65. The van der Waals surface area contributed by atoms with Crippen LogP contribution < -0.4 is 10.1 Å². The highest BCUT2D eigenvalue weighted by Gasteiger charge is 2.25. The highest BCUT2D eigenvalue weighted by atomic mass is 79.9. The third-order valence-electron chi connectivity index (χ3n) is 3.83. The lowest BCUT2D eigenvalue weighted by molar-refractivity contribution is 0.313. The van der Waals surface area contributed by atoms with Gasteiger partial charge in [-0.1, -0.05) is 19.9 Å². The van der Waals surface area contributed by atoms with E-state index in [2.05, 4.69) is 53.3 Å². The van der Waals surface area contributed by atoms with Crippen molar-refractivity contribution >= 4 is 15.9 Å². The van der Waals surface area contributed by atoms with E-state index in [-0.39, 0.29) is 0 Å². The molecule has 1 aromatic carbocycles. The molecule has 0 radical (unpaired) electrons. The number of rotatable bonds is 8. The summed E-state index contributed by atoms with van der Waals surface area (Å²) in [6.07, 6.45) is 5.04. The molecule has 3 heteroatoms. The summed E-state index contributed by atoms with van der Waals surface area (Å²) in [6, 6.07) is 7.24. The summed E-state index contributed by atoms with van der Waals surface area (Å²) in [5.41, 5.74) is 1.73. The Labute approximate surface area is 131 Å². The summed E-state index contributed by atoms with van der Waals surface area (Å²) in [7, 11) is 0. The number of hydrogen-bond acceptors (Lipinski definition) is 2. The normalized spacial score (nSPS) is 15.4. The van der Waals surface area contributed by atoms with Crippen molar-refractivity contribution in [3.05, 3.63) is 28.2 Å². The maximum atomic E-state index is 5.55. The third-order valence-corrected chi connectivity index (χ3v) is 4.45. The van der Waals surface area contributed by atoms with Crippen LogP contribution >= 0.6 is 15.9 Å². The molecule has 0 saturated heterocycles. The summed E-state index contributed by atoms with van der Waals surface area (Å²) in [4.78, 5) is 0. The fraction of sp³-hybridized carbons (Fsp3) is 0.647. The number of ether oxygens (including phenoxy) is 1. The standard InChI is InChI=1S/C17H26BrNO/c1-4-20-16-8-5-13(11-15(16)18)9-10-17(2,3)12-19-14-6-7-14/h5,8,11,14,19H,4,6-7,9-10,12H2,1-3H3. The van der Waals surface area contributed by atoms with Crippen LogP contribution in [0.25, 0.3) is 0 Å². The second kappa shape index (κ2) is 6.95. The monoisotopic (exact) mass is 339 g/mol. The molecule has 0 unspecified atom stereocenters. The van der Waals surface area contributed by atoms with Crippen molar-refractivity contribution in [2.24, 2.45) is 5.41 Å². The largest absolute Gasteiger partial charge is 0.493 e. The average molecular weight is 340 g/mol. The Kier molecular flexibility index (Phi) is 5.50. The predicted molar refractivity (Wildman–Crippen MR) is 88.4 cm³/mol. The van der Waals surface area contributed by atoms with Crippen LogP contribution in [0, 0.1) is 5.41 Å². The zero-order valence-electron chi connectivity index (χ0n) is 12.8. The molecule has 1 fully saturated rings. The van der Waals surface area contributed by atoms with Crippen molar-refractivity contribution < 1.29 is 4.74 Å². The van der Waals surface area contributed by atoms with E-state index in [0.717, 1.165) is 29.2 Å². The van der Waals surface area contributed by atoms with Crippen LogP contribution in [0.4, 0.5) is 0 Å². The SMILES string of the molecule is CCOc1ccc(CCC(C)(C)CNC2CC2)cc1Br. The molecule has 0 heterocycles. The molecular weight excluding hydrogens is 314 g/mol. The summed E-state index contributed by atoms with van der Waals surface area (Å²) >= 11 is 3.59. The lowest BCUT2D eigenvalue weighted by atomic mass is 9.86. The van der Waals surface area contributed by atoms with Gasteiger partial charge in [0.2, 0.25) is 0 Å². The second-order valence-electron chi connectivity index (χ2n) is 6.52. The van der Waals surface area contributed by atoms with Gasteiger partial charge in [-0.25, -0.2) is 0 Å². The van der Waals surface area contributed by atoms with Crippen molar-refractivity contribution in [1.82, 2.24) is 5.32 Å². The first-order valence-corrected chi connectivity index (χ1v) is 8.44. The zero-order valence-corrected chi connectivity index (χ0v) is 14.4. The molecule has 0 amide bonds. The summed E-state index contributed by atoms with van der Waals surface area (Å²) in [5, 5.41) is 3.64. The molecule has 0 spiro atoms. The van der Waals surface area contributed by atoms with Gasteiger partial charge in [0.1, 0.15) is 5.75 Å². The van der Waals surface area contributed by atoms with Crippen LogP contribution in [0.15, 0.2) is 22.7 Å². The fourth-order valence-corrected chi connectivity index (χ4v) is 2.79. The first-order chi connectivity index (χ1) is 9.50. The fourth-order valence-electron chi connectivity index (χ4n) is 2.25. The first kappa shape index (κ1) is 15.8. The van der Waals surface area contributed by atoms with Crippen LogP contribution in [0.3, 0.4) is 0 Å². The Balaban J connectivity index is 1.84. The maximum absolute atomic E-state index is 5.55. The topological polar surface area (TPSA) is 21.3 Å². The Morgan fingerprint density at radius 2 is 2.10 bits per heavy atom. The van der Waals surface area contributed by atoms with Crippen LogP contribution in [0.5, 0.6) is 5.75 Å².